The van der Waals surface area contributed by atoms with Gasteiger partial charge in [0.15, 0.2) is 11.5 Å². The van der Waals surface area contributed by atoms with Crippen LogP contribution in [0.2, 0.25) is 0 Å². The molecule has 1 fully saturated rings. The SMILES string of the molecule is O=C(N[C@H](c1ccc2c(c1)OCCO2)C1CC1)c1ccc(=O)[nH]c1. The second kappa shape index (κ2) is 6.03. The topological polar surface area (TPSA) is 80.4 Å². The fourth-order valence-electron chi connectivity index (χ4n) is 2.93. The predicted octanol–water partition coefficient (Wildman–Crippen LogP) is 2.03. The molecule has 1 amide bonds. The van der Waals surface area contributed by atoms with Crippen molar-refractivity contribution in [3.05, 3.63) is 58.0 Å². The molecule has 0 spiro atoms. The number of carbonyl (C=O) groups is 1. The third kappa shape index (κ3) is 2.99. The van der Waals surface area contributed by atoms with Crippen LogP contribution in [0.3, 0.4) is 0 Å². The molecule has 2 aliphatic rings. The number of H-pyrrole nitrogens is 1. The lowest BCUT2D eigenvalue weighted by molar-refractivity contribution is 0.0931. The van der Waals surface area contributed by atoms with E-state index < -0.39 is 0 Å². The lowest BCUT2D eigenvalue weighted by atomic mass is 10.0. The summed E-state index contributed by atoms with van der Waals surface area (Å²) in [5, 5.41) is 3.08. The zero-order chi connectivity index (χ0) is 16.5. The Balaban J connectivity index is 1.57. The molecule has 2 N–H and O–H groups in total. The maximum absolute atomic E-state index is 12.5. The molecule has 124 valence electrons. The van der Waals surface area contributed by atoms with Crippen LogP contribution in [-0.2, 0) is 0 Å². The molecule has 2 aromatic rings. The monoisotopic (exact) mass is 326 g/mol. The molecule has 0 saturated heterocycles. The second-order valence-electron chi connectivity index (χ2n) is 6.13. The van der Waals surface area contributed by atoms with E-state index >= 15 is 0 Å². The van der Waals surface area contributed by atoms with Crippen LogP contribution in [0.15, 0.2) is 41.3 Å². The highest BCUT2D eigenvalue weighted by atomic mass is 16.6. The van der Waals surface area contributed by atoms with Crippen molar-refractivity contribution in [3.63, 3.8) is 0 Å². The highest BCUT2D eigenvalue weighted by molar-refractivity contribution is 5.94. The normalized spacial score (nSPS) is 17.2. The summed E-state index contributed by atoms with van der Waals surface area (Å²) in [5.41, 5.74) is 1.23. The molecule has 2 heterocycles. The minimum atomic E-state index is -0.225. The zero-order valence-corrected chi connectivity index (χ0v) is 13.1. The molecule has 6 heteroatoms. The van der Waals surface area contributed by atoms with Crippen LogP contribution in [0, 0.1) is 5.92 Å². The van der Waals surface area contributed by atoms with E-state index in [4.69, 9.17) is 9.47 Å². The number of rotatable bonds is 4. The van der Waals surface area contributed by atoms with Gasteiger partial charge in [0.25, 0.3) is 5.91 Å². The molecule has 1 aromatic carbocycles. The van der Waals surface area contributed by atoms with Crippen molar-refractivity contribution >= 4 is 5.91 Å². The summed E-state index contributed by atoms with van der Waals surface area (Å²) in [4.78, 5) is 26.1. The number of nitrogens with one attached hydrogen (secondary N) is 2. The molecule has 0 unspecified atom stereocenters. The van der Waals surface area contributed by atoms with Gasteiger partial charge in [-0.05, 0) is 42.5 Å². The lowest BCUT2D eigenvalue weighted by Gasteiger charge is -2.23. The molecule has 0 radical (unpaired) electrons. The fourth-order valence-corrected chi connectivity index (χ4v) is 2.93. The van der Waals surface area contributed by atoms with E-state index in [-0.39, 0.29) is 17.5 Å². The molecule has 1 aliphatic heterocycles. The summed E-state index contributed by atoms with van der Waals surface area (Å²) in [7, 11) is 0. The Morgan fingerprint density at radius 1 is 1.12 bits per heavy atom. The molecule has 24 heavy (non-hydrogen) atoms. The second-order valence-corrected chi connectivity index (χ2v) is 6.13. The summed E-state index contributed by atoms with van der Waals surface area (Å²) in [5.74, 6) is 1.70. The smallest absolute Gasteiger partial charge is 0.253 e. The third-order valence-corrected chi connectivity index (χ3v) is 4.35. The Hall–Kier alpha value is -2.76. The minimum absolute atomic E-state index is 0.0692. The largest absolute Gasteiger partial charge is 0.486 e. The van der Waals surface area contributed by atoms with Crippen molar-refractivity contribution in [1.82, 2.24) is 10.3 Å². The average molecular weight is 326 g/mol. The molecular formula is C18H18N2O4. The lowest BCUT2D eigenvalue weighted by Crippen LogP contribution is -2.30. The van der Waals surface area contributed by atoms with Gasteiger partial charge >= 0.3 is 0 Å². The first-order valence-corrected chi connectivity index (χ1v) is 8.10. The quantitative estimate of drug-likeness (QED) is 0.901. The summed E-state index contributed by atoms with van der Waals surface area (Å²) in [6.07, 6.45) is 3.61. The van der Waals surface area contributed by atoms with E-state index in [9.17, 15) is 9.59 Å². The van der Waals surface area contributed by atoms with E-state index in [1.54, 1.807) is 0 Å². The van der Waals surface area contributed by atoms with Gasteiger partial charge in [-0.15, -0.1) is 0 Å². The van der Waals surface area contributed by atoms with Crippen LogP contribution < -0.4 is 20.3 Å². The highest BCUT2D eigenvalue weighted by Gasteiger charge is 2.34. The standard InChI is InChI=1S/C18H18N2O4/c21-16-6-4-13(10-19-16)18(22)20-17(11-1-2-11)12-3-5-14-15(9-12)24-8-7-23-14/h3-6,9-11,17H,1-2,7-8H2,(H,19,21)(H,20,22)/t17-/m0/s1. The molecular weight excluding hydrogens is 308 g/mol. The summed E-state index contributed by atoms with van der Waals surface area (Å²) >= 11 is 0. The first-order chi connectivity index (χ1) is 11.7. The summed E-state index contributed by atoms with van der Waals surface area (Å²) in [6.45, 7) is 1.09. The van der Waals surface area contributed by atoms with Gasteiger partial charge in [-0.25, -0.2) is 0 Å². The van der Waals surface area contributed by atoms with Crippen molar-refractivity contribution in [2.24, 2.45) is 5.92 Å². The molecule has 1 aliphatic carbocycles. The molecule has 1 saturated carbocycles. The average Bonchev–Trinajstić information content (AvgIpc) is 3.44. The van der Waals surface area contributed by atoms with Gasteiger partial charge in [-0.1, -0.05) is 6.07 Å². The fraction of sp³-hybridized carbons (Fsp3) is 0.333. The predicted molar refractivity (Wildman–Crippen MR) is 87.4 cm³/mol. The van der Waals surface area contributed by atoms with E-state index in [0.29, 0.717) is 24.7 Å². The maximum Gasteiger partial charge on any atom is 0.253 e. The summed E-state index contributed by atoms with van der Waals surface area (Å²) in [6, 6.07) is 8.63. The van der Waals surface area contributed by atoms with Crippen LogP contribution in [0.5, 0.6) is 11.5 Å². The van der Waals surface area contributed by atoms with Crippen molar-refractivity contribution < 1.29 is 14.3 Å². The Kier molecular flexibility index (Phi) is 3.72. The number of hydrogen-bond donors (Lipinski definition) is 2. The molecule has 1 aromatic heterocycles. The number of ether oxygens (including phenoxy) is 2. The Bertz CT molecular complexity index is 806. The highest BCUT2D eigenvalue weighted by Crippen LogP contribution is 2.43. The van der Waals surface area contributed by atoms with Crippen molar-refractivity contribution in [3.8, 4) is 11.5 Å². The van der Waals surface area contributed by atoms with Crippen LogP contribution in [-0.4, -0.2) is 24.1 Å². The molecule has 6 nitrogen and oxygen atoms in total. The van der Waals surface area contributed by atoms with Crippen molar-refractivity contribution in [2.75, 3.05) is 13.2 Å². The van der Waals surface area contributed by atoms with Crippen molar-refractivity contribution in [2.45, 2.75) is 18.9 Å². The minimum Gasteiger partial charge on any atom is -0.486 e. The number of aromatic nitrogens is 1. The van der Waals surface area contributed by atoms with Crippen LogP contribution in [0.4, 0.5) is 0 Å². The Labute approximate surface area is 138 Å². The van der Waals surface area contributed by atoms with Gasteiger partial charge in [0.2, 0.25) is 5.56 Å². The Morgan fingerprint density at radius 2 is 1.92 bits per heavy atom. The van der Waals surface area contributed by atoms with E-state index in [0.717, 1.165) is 29.9 Å². The molecule has 4 rings (SSSR count). The zero-order valence-electron chi connectivity index (χ0n) is 13.1. The molecule has 1 atom stereocenters. The van der Waals surface area contributed by atoms with Crippen LogP contribution in [0.1, 0.15) is 34.8 Å². The van der Waals surface area contributed by atoms with Gasteiger partial charge in [0.1, 0.15) is 13.2 Å². The number of pyridine rings is 1. The van der Waals surface area contributed by atoms with Gasteiger partial charge in [0, 0.05) is 12.3 Å². The number of carbonyl (C=O) groups excluding carboxylic acids is 1. The number of hydrogen-bond acceptors (Lipinski definition) is 4. The number of benzene rings is 1. The van der Waals surface area contributed by atoms with E-state index in [2.05, 4.69) is 10.3 Å². The van der Waals surface area contributed by atoms with Gasteiger partial charge < -0.3 is 19.8 Å². The Morgan fingerprint density at radius 3 is 2.62 bits per heavy atom. The van der Waals surface area contributed by atoms with Crippen LogP contribution >= 0.6 is 0 Å². The number of fused-ring (bicyclic) bond motifs is 1. The molecule has 0 bridgehead atoms. The maximum atomic E-state index is 12.5. The first-order valence-electron chi connectivity index (χ1n) is 8.10. The first kappa shape index (κ1) is 14.8. The van der Waals surface area contributed by atoms with E-state index in [1.807, 2.05) is 18.2 Å². The van der Waals surface area contributed by atoms with Crippen LogP contribution in [0.25, 0.3) is 0 Å². The van der Waals surface area contributed by atoms with Gasteiger partial charge in [-0.3, -0.25) is 9.59 Å². The van der Waals surface area contributed by atoms with Crippen molar-refractivity contribution in [1.29, 1.82) is 0 Å². The number of amides is 1. The third-order valence-electron chi connectivity index (χ3n) is 4.35. The van der Waals surface area contributed by atoms with E-state index in [1.165, 1.54) is 18.3 Å². The van der Waals surface area contributed by atoms with Gasteiger partial charge in [-0.2, -0.15) is 0 Å². The number of aromatic amines is 1. The van der Waals surface area contributed by atoms with Gasteiger partial charge in [0.05, 0.1) is 11.6 Å². The summed E-state index contributed by atoms with van der Waals surface area (Å²) < 4.78 is 11.2.